The molecule has 0 amide bonds. The van der Waals surface area contributed by atoms with Crippen LogP contribution in [-0.2, 0) is 6.18 Å². The second-order valence-corrected chi connectivity index (χ2v) is 4.91. The van der Waals surface area contributed by atoms with E-state index in [0.717, 1.165) is 5.75 Å². The van der Waals surface area contributed by atoms with Crippen LogP contribution in [0.2, 0.25) is 0 Å². The Labute approximate surface area is 102 Å². The molecule has 1 rings (SSSR count). The van der Waals surface area contributed by atoms with Gasteiger partial charge in [-0.3, -0.25) is 0 Å². The molecule has 0 saturated heterocycles. The minimum absolute atomic E-state index is 0.179. The number of anilines is 1. The second-order valence-electron chi connectivity index (χ2n) is 3.87. The number of thioether (sulfide) groups is 1. The van der Waals surface area contributed by atoms with E-state index in [1.807, 2.05) is 13.8 Å². The maximum Gasteiger partial charge on any atom is 0.451 e. The van der Waals surface area contributed by atoms with Crippen molar-refractivity contribution in [3.8, 4) is 0 Å². The summed E-state index contributed by atoms with van der Waals surface area (Å²) in [4.78, 5) is 6.90. The highest BCUT2D eigenvalue weighted by Gasteiger charge is 2.35. The Morgan fingerprint density at radius 1 is 1.35 bits per heavy atom. The summed E-state index contributed by atoms with van der Waals surface area (Å²) in [5.74, 6) is 0.189. The van der Waals surface area contributed by atoms with E-state index in [2.05, 4.69) is 15.3 Å². The number of halogens is 3. The minimum Gasteiger partial charge on any atom is -0.373 e. The molecule has 0 unspecified atom stereocenters. The fourth-order valence-corrected chi connectivity index (χ4v) is 1.86. The van der Waals surface area contributed by atoms with Gasteiger partial charge >= 0.3 is 6.18 Å². The number of nitrogens with one attached hydrogen (secondary N) is 1. The molecule has 1 aromatic heterocycles. The van der Waals surface area contributed by atoms with Crippen molar-refractivity contribution >= 4 is 17.6 Å². The van der Waals surface area contributed by atoms with Crippen molar-refractivity contribution in [3.63, 3.8) is 0 Å². The highest BCUT2D eigenvalue weighted by Crippen LogP contribution is 2.29. The minimum atomic E-state index is -4.51. The van der Waals surface area contributed by atoms with Gasteiger partial charge in [-0.25, -0.2) is 9.97 Å². The Morgan fingerprint density at radius 3 is 2.47 bits per heavy atom. The number of nitrogens with zero attached hydrogens (tertiary/aromatic N) is 2. The molecule has 0 spiro atoms. The first kappa shape index (κ1) is 14.1. The van der Waals surface area contributed by atoms with Crippen molar-refractivity contribution < 1.29 is 13.2 Å². The third kappa shape index (κ3) is 4.41. The molecule has 0 fully saturated rings. The lowest BCUT2D eigenvalue weighted by atomic mass is 10.3. The van der Waals surface area contributed by atoms with E-state index in [4.69, 9.17) is 0 Å². The van der Waals surface area contributed by atoms with Crippen LogP contribution in [0.4, 0.5) is 19.0 Å². The third-order valence-corrected chi connectivity index (χ3v) is 3.12. The van der Waals surface area contributed by atoms with E-state index in [-0.39, 0.29) is 5.82 Å². The van der Waals surface area contributed by atoms with Crippen LogP contribution in [0.3, 0.4) is 0 Å². The van der Waals surface area contributed by atoms with Crippen molar-refractivity contribution in [2.24, 2.45) is 5.92 Å². The van der Waals surface area contributed by atoms with Gasteiger partial charge in [-0.2, -0.15) is 13.2 Å². The largest absolute Gasteiger partial charge is 0.451 e. The zero-order valence-electron chi connectivity index (χ0n) is 9.80. The Balaban J connectivity index is 2.97. The molecule has 0 bridgehead atoms. The Kier molecular flexibility index (Phi) is 4.62. The number of hydrogen-bond donors (Lipinski definition) is 1. The molecule has 17 heavy (non-hydrogen) atoms. The van der Waals surface area contributed by atoms with Crippen molar-refractivity contribution in [3.05, 3.63) is 11.9 Å². The molecule has 0 aliphatic carbocycles. The zero-order chi connectivity index (χ0) is 13.1. The van der Waals surface area contributed by atoms with Gasteiger partial charge in [0.25, 0.3) is 0 Å². The first-order valence-corrected chi connectivity index (χ1v) is 6.08. The lowest BCUT2D eigenvalue weighted by molar-refractivity contribution is -0.145. The first-order valence-electron chi connectivity index (χ1n) is 5.09. The highest BCUT2D eigenvalue weighted by molar-refractivity contribution is 7.99. The summed E-state index contributed by atoms with van der Waals surface area (Å²) in [6.07, 6.45) is -4.51. The summed E-state index contributed by atoms with van der Waals surface area (Å²) in [6.45, 7) is 4.00. The van der Waals surface area contributed by atoms with Crippen LogP contribution >= 0.6 is 11.8 Å². The van der Waals surface area contributed by atoms with Gasteiger partial charge in [0.15, 0.2) is 0 Å². The highest BCUT2D eigenvalue weighted by atomic mass is 32.2. The Morgan fingerprint density at radius 2 is 2.00 bits per heavy atom. The predicted molar refractivity (Wildman–Crippen MR) is 62.1 cm³/mol. The summed E-state index contributed by atoms with van der Waals surface area (Å²) < 4.78 is 37.6. The van der Waals surface area contributed by atoms with Crippen LogP contribution < -0.4 is 5.32 Å². The third-order valence-electron chi connectivity index (χ3n) is 1.78. The Bertz CT molecular complexity index is 380. The molecule has 96 valence electrons. The molecule has 1 aromatic rings. The van der Waals surface area contributed by atoms with Crippen LogP contribution in [0, 0.1) is 5.92 Å². The van der Waals surface area contributed by atoms with Crippen molar-refractivity contribution in [1.82, 2.24) is 9.97 Å². The molecule has 7 heteroatoms. The van der Waals surface area contributed by atoms with Gasteiger partial charge < -0.3 is 5.32 Å². The molecule has 0 aliphatic heterocycles. The molecule has 0 saturated carbocycles. The van der Waals surface area contributed by atoms with E-state index in [9.17, 15) is 13.2 Å². The lowest BCUT2D eigenvalue weighted by Gasteiger charge is -2.10. The molecular formula is C10H14F3N3S. The van der Waals surface area contributed by atoms with Crippen molar-refractivity contribution in [1.29, 1.82) is 0 Å². The van der Waals surface area contributed by atoms with Crippen LogP contribution in [0.1, 0.15) is 19.7 Å². The van der Waals surface area contributed by atoms with E-state index in [1.54, 1.807) is 0 Å². The molecule has 0 radical (unpaired) electrons. The SMILES string of the molecule is CNc1cc(SCC(C)C)nc(C(F)(F)F)n1. The van der Waals surface area contributed by atoms with E-state index >= 15 is 0 Å². The second kappa shape index (κ2) is 5.57. The Hall–Kier alpha value is -0.980. The van der Waals surface area contributed by atoms with E-state index in [0.29, 0.717) is 10.9 Å². The predicted octanol–water partition coefficient (Wildman–Crippen LogP) is 3.29. The summed E-state index contributed by atoms with van der Waals surface area (Å²) in [5.41, 5.74) is 0. The molecular weight excluding hydrogens is 251 g/mol. The van der Waals surface area contributed by atoms with Crippen LogP contribution in [0.25, 0.3) is 0 Å². The number of alkyl halides is 3. The maximum atomic E-state index is 12.5. The number of hydrogen-bond acceptors (Lipinski definition) is 4. The van der Waals surface area contributed by atoms with Crippen LogP contribution in [0.5, 0.6) is 0 Å². The zero-order valence-corrected chi connectivity index (χ0v) is 10.6. The van der Waals surface area contributed by atoms with Gasteiger partial charge in [0.2, 0.25) is 5.82 Å². The standard InChI is InChI=1S/C10H14F3N3S/c1-6(2)5-17-8-4-7(14-3)15-9(16-8)10(11,12)13/h4,6H,5H2,1-3H3,(H,14,15,16). The van der Waals surface area contributed by atoms with E-state index in [1.165, 1.54) is 24.9 Å². The topological polar surface area (TPSA) is 37.8 Å². The summed E-state index contributed by atoms with van der Waals surface area (Å²) in [7, 11) is 1.53. The molecule has 1 heterocycles. The molecule has 3 nitrogen and oxygen atoms in total. The average molecular weight is 265 g/mol. The lowest BCUT2D eigenvalue weighted by Crippen LogP contribution is -2.13. The van der Waals surface area contributed by atoms with Crippen LogP contribution in [0.15, 0.2) is 11.1 Å². The smallest absolute Gasteiger partial charge is 0.373 e. The summed E-state index contributed by atoms with van der Waals surface area (Å²) in [6, 6.07) is 1.52. The monoisotopic (exact) mass is 265 g/mol. The number of aromatic nitrogens is 2. The van der Waals surface area contributed by atoms with Gasteiger partial charge in [-0.05, 0) is 5.92 Å². The normalized spacial score (nSPS) is 11.9. The molecule has 0 aromatic carbocycles. The van der Waals surface area contributed by atoms with Gasteiger partial charge in [0.05, 0.1) is 0 Å². The summed E-state index contributed by atoms with van der Waals surface area (Å²) >= 11 is 1.30. The fourth-order valence-electron chi connectivity index (χ4n) is 1.01. The fraction of sp³-hybridized carbons (Fsp3) is 0.600. The quantitative estimate of drug-likeness (QED) is 0.669. The van der Waals surface area contributed by atoms with Crippen molar-refractivity contribution in [2.45, 2.75) is 25.0 Å². The van der Waals surface area contributed by atoms with E-state index < -0.39 is 12.0 Å². The van der Waals surface area contributed by atoms with Crippen LogP contribution in [-0.4, -0.2) is 22.8 Å². The molecule has 1 N–H and O–H groups in total. The molecule has 0 aliphatic rings. The van der Waals surface area contributed by atoms with Gasteiger partial charge in [0, 0.05) is 18.9 Å². The van der Waals surface area contributed by atoms with Crippen molar-refractivity contribution in [2.75, 3.05) is 18.1 Å². The van der Waals surface area contributed by atoms with Gasteiger partial charge in [0.1, 0.15) is 10.8 Å². The average Bonchev–Trinajstić information content (AvgIpc) is 2.24. The maximum absolute atomic E-state index is 12.5. The molecule has 0 atom stereocenters. The van der Waals surface area contributed by atoms with Gasteiger partial charge in [-0.15, -0.1) is 11.8 Å². The van der Waals surface area contributed by atoms with Gasteiger partial charge in [-0.1, -0.05) is 13.8 Å². The summed E-state index contributed by atoms with van der Waals surface area (Å²) in [5, 5.41) is 2.94. The number of rotatable bonds is 4. The first-order chi connectivity index (χ1) is 7.82.